The first kappa shape index (κ1) is 99.9. The minimum Gasteiger partial charge on any atom is -0.508 e. The van der Waals surface area contributed by atoms with Crippen molar-refractivity contribution in [3.05, 3.63) is 127 Å². The Bertz CT molecular complexity index is 5410. The van der Waals surface area contributed by atoms with E-state index in [0.29, 0.717) is 56.2 Å². The van der Waals surface area contributed by atoms with Crippen molar-refractivity contribution in [1.29, 1.82) is 0 Å². The molecule has 732 valence electrons. The van der Waals surface area contributed by atoms with Crippen LogP contribution in [-0.4, -0.2) is 210 Å². The molecule has 12 aliphatic rings. The number of nitrogens with two attached hydrogens (primary N) is 1. The molecule has 5 aromatic carbocycles. The topological polar surface area (TPSA) is 563 Å². The van der Waals surface area contributed by atoms with Crippen LogP contribution < -0.4 is 77.8 Å². The van der Waals surface area contributed by atoms with Crippen molar-refractivity contribution >= 4 is 93.3 Å². The van der Waals surface area contributed by atoms with Crippen LogP contribution in [0.25, 0.3) is 11.1 Å². The molecule has 37 nitrogen and oxygen atoms in total. The fraction of sp³-hybridized carbons (Fsp3) is 0.579. The first-order valence-corrected chi connectivity index (χ1v) is 48.7. The van der Waals surface area contributed by atoms with Gasteiger partial charge < -0.3 is 123 Å². The number of ether oxygens (including phenoxy) is 6. The second-order valence-corrected chi connectivity index (χ2v) is 40.5. The molecule has 40 heteroatoms. The van der Waals surface area contributed by atoms with E-state index in [9.17, 15) is 69.0 Å². The zero-order valence-corrected chi connectivity index (χ0v) is 78.7. The number of carbonyl (C=O) groups excluding carboxylic acids is 10. The number of phenols is 1. The van der Waals surface area contributed by atoms with Gasteiger partial charge in [0, 0.05) is 59.5 Å². The van der Waals surface area contributed by atoms with Gasteiger partial charge in [-0.15, -0.1) is 0 Å². The molecular formula is C95H122Cl2N12O25S. The number of aliphatic hydroxyl groups is 7. The van der Waals surface area contributed by atoms with Crippen molar-refractivity contribution in [3.63, 3.8) is 0 Å². The summed E-state index contributed by atoms with van der Waals surface area (Å²) in [4.78, 5) is 152. The predicted octanol–water partition coefficient (Wildman–Crippen LogP) is 5.46. The number of carbonyl (C=O) groups is 10. The Balaban J connectivity index is 0.908. The number of urea groups is 1. The van der Waals surface area contributed by atoms with Gasteiger partial charge in [-0.2, -0.15) is 0 Å². The summed E-state index contributed by atoms with van der Waals surface area (Å²) in [6, 6.07) is -0.333. The third kappa shape index (κ3) is 20.3. The Morgan fingerprint density at radius 2 is 1.45 bits per heavy atom. The summed E-state index contributed by atoms with van der Waals surface area (Å²) in [7, 11) is 0.154. The lowest BCUT2D eigenvalue weighted by atomic mass is 9.17. The maximum absolute atomic E-state index is 16.7. The van der Waals surface area contributed by atoms with Crippen molar-refractivity contribution in [2.24, 2.45) is 46.2 Å². The van der Waals surface area contributed by atoms with Crippen LogP contribution in [-0.2, 0) is 80.7 Å². The predicted molar refractivity (Wildman–Crippen MR) is 488 cm³/mol. The van der Waals surface area contributed by atoms with Crippen LogP contribution in [0, 0.1) is 47.3 Å². The number of benzene rings is 5. The largest absolute Gasteiger partial charge is 0.508 e. The molecule has 21 unspecified atom stereocenters. The average Bonchev–Trinajstić information content (AvgIpc) is 1.35. The highest BCUT2D eigenvalue weighted by Gasteiger charge is 2.85. The van der Waals surface area contributed by atoms with Gasteiger partial charge in [0.05, 0.1) is 64.8 Å². The number of primary amides is 1. The van der Waals surface area contributed by atoms with Gasteiger partial charge in [-0.25, -0.2) is 13.7 Å². The van der Waals surface area contributed by atoms with Crippen molar-refractivity contribution in [2.75, 3.05) is 32.5 Å². The van der Waals surface area contributed by atoms with E-state index in [0.717, 1.165) is 69.6 Å². The molecule has 2 saturated heterocycles. The quantitative estimate of drug-likeness (QED) is 0.0193. The Morgan fingerprint density at radius 3 is 2.12 bits per heavy atom. The lowest BCUT2D eigenvalue weighted by Crippen LogP contribution is -2.88. The molecule has 1 spiro atoms. The third-order valence-electron chi connectivity index (χ3n) is 28.7. The van der Waals surface area contributed by atoms with Gasteiger partial charge in [-0.05, 0) is 207 Å². The molecule has 10 amide bonds. The number of unbranched alkanes of at least 4 members (excludes halogenated alkanes) is 4. The first-order chi connectivity index (χ1) is 64.3. The minimum absolute atomic E-state index is 0.00606. The molecule has 0 aromatic heterocycles. The van der Waals surface area contributed by atoms with Crippen LogP contribution in [0.5, 0.6) is 34.5 Å². The van der Waals surface area contributed by atoms with E-state index in [1.165, 1.54) is 62.5 Å². The van der Waals surface area contributed by atoms with Gasteiger partial charge in [0.25, 0.3) is 0 Å². The molecule has 21 N–H and O–H groups in total. The number of aromatic hydroxyl groups is 1. The molecule has 7 fully saturated rings. The van der Waals surface area contributed by atoms with Crippen LogP contribution in [0.4, 0.5) is 4.79 Å². The SMILES string of the molecule is CCCCCCCS(=O)NCCCNCc1c(O)cc2c3c1C(O)(O)c1ccc(cc1-3)C(C(N)=O)NC(=O)C1NC(=O)C(CC(=O)NC(=O)NC3CC3)NC(=O)C(NC(=O)C(CC(C)C)NC)C(O)c3ccc(c(Cl)c3)Oc3cc1cc(c3OC1OC(CO)C(O)C(=O)C1OC1CC(C)(CCC)C(O)C(C)O1)Oc1ccc(c(C)c1Cl)C(O)CC(=O)NC2C(=O)NC1C2CC3CC4CC1C342. The van der Waals surface area contributed by atoms with Crippen LogP contribution in [0.3, 0.4) is 0 Å². The zero-order chi connectivity index (χ0) is 96.9. The highest BCUT2D eigenvalue weighted by Crippen LogP contribution is 2.87. The van der Waals surface area contributed by atoms with E-state index in [1.54, 1.807) is 13.8 Å². The van der Waals surface area contributed by atoms with Gasteiger partial charge in [-0.1, -0.05) is 114 Å². The molecule has 6 heterocycles. The number of aliphatic hydroxyl groups excluding tert-OH is 5. The third-order valence-corrected chi connectivity index (χ3v) is 30.7. The van der Waals surface area contributed by atoms with Gasteiger partial charge in [-0.3, -0.25) is 48.5 Å². The molecule has 6 aliphatic carbocycles. The Hall–Kier alpha value is -9.59. The summed E-state index contributed by atoms with van der Waals surface area (Å²) in [6.45, 7) is 11.7. The summed E-state index contributed by atoms with van der Waals surface area (Å²) >= 11 is 14.7. The molecule has 21 atom stereocenters. The van der Waals surface area contributed by atoms with Crippen LogP contribution in [0.1, 0.15) is 231 Å². The molecule has 6 aliphatic heterocycles. The van der Waals surface area contributed by atoms with Crippen LogP contribution in [0.15, 0.2) is 66.7 Å². The average molecular weight is 1940 g/mol. The van der Waals surface area contributed by atoms with Gasteiger partial charge in [0.2, 0.25) is 65.1 Å². The van der Waals surface area contributed by atoms with Gasteiger partial charge in [0.15, 0.2) is 29.7 Å². The number of amides is 10. The molecule has 9 bridgehead atoms. The van der Waals surface area contributed by atoms with E-state index >= 15 is 24.0 Å². The maximum atomic E-state index is 16.7. The number of Topliss-reactive ketones (excluding diaryl/α,β-unsaturated/α-hetero) is 1. The second-order valence-electron chi connectivity index (χ2n) is 38.3. The summed E-state index contributed by atoms with van der Waals surface area (Å²) in [5.41, 5.74) is 3.39. The van der Waals surface area contributed by atoms with E-state index in [-0.39, 0.29) is 133 Å². The van der Waals surface area contributed by atoms with Crippen molar-refractivity contribution in [1.82, 2.24) is 57.9 Å². The summed E-state index contributed by atoms with van der Waals surface area (Å²) in [5.74, 6) is -15.3. The second kappa shape index (κ2) is 41.2. The number of hydrogen-bond donors (Lipinski definition) is 20. The number of hydrogen-bond acceptors (Lipinski definition) is 27. The number of nitrogens with one attached hydrogen (secondary N) is 11. The van der Waals surface area contributed by atoms with Gasteiger partial charge >= 0.3 is 6.03 Å². The molecule has 0 radical (unpaired) electrons. The minimum atomic E-state index is -3.12. The number of likely N-dealkylation sites (N-methyl/N-ethyl adjacent to an activating group) is 1. The standard InChI is InChI=1S/C95H122Cl2N12O25S/c1-9-11-12-13-14-27-135(128)101-26-15-25-100-40-54-61(111)36-53-71-52-29-45(16-21-55(52)95(126,127)72(54)71)74(85(98)119)106-88(122)75-47-31-65(130-63-22-17-46(30-58(63)96)79(115)78(109-86(120)59(99-8)28-42(3)4)90(124)103-60(87(121)107-75)37-68(113)105-92(125)102-50-18-19-50)82(134-91-83(81(117)80(116)67(41-110)132-91)133-70-39-93(7,24-10-2)84(118)44(6)129-70)66(32-47)131-64-23-20-51(43(5)73(64)97)62(112)38-69(114)104-76(53)89(123)108-77-56-34-48-33-49-35-57(77)94(48,49)56/h16-17,20-23,29-32,36,42,44,48-50,56-57,59-60,62,67,70,74-80,83-84,91,99-101,110-112,115-116,118,126-127H,9-15,18-19,24-28,33-35,37-41H2,1-8H3,(H2,98,119)(H,103,124)(H,104,114)(H,106,122)(H,107,121)(H,108,123)(H,109,120)(H2,102,105,113,125). The molecule has 17 rings (SSSR count). The highest BCUT2D eigenvalue weighted by atomic mass is 35.5. The fourth-order valence-electron chi connectivity index (χ4n) is 21.6. The first-order valence-electron chi connectivity index (χ1n) is 46.6. The van der Waals surface area contributed by atoms with E-state index in [4.69, 9.17) is 57.4 Å². The molecular weight excluding hydrogens is 1810 g/mol. The Morgan fingerprint density at radius 1 is 0.748 bits per heavy atom. The summed E-state index contributed by atoms with van der Waals surface area (Å²) in [5, 5.41) is 125. The number of phenolic OH excluding ortho intramolecular Hbond substituents is 1. The number of fused-ring (bicyclic) bond motifs is 16. The zero-order valence-electron chi connectivity index (χ0n) is 76.4. The van der Waals surface area contributed by atoms with Crippen molar-refractivity contribution in [3.8, 4) is 45.6 Å². The maximum Gasteiger partial charge on any atom is 0.321 e. The molecule has 5 saturated carbocycles. The highest BCUT2D eigenvalue weighted by molar-refractivity contribution is 7.83. The Labute approximate surface area is 792 Å². The molecule has 5 aromatic rings. The summed E-state index contributed by atoms with van der Waals surface area (Å²) < 4.78 is 55.7. The monoisotopic (exact) mass is 1930 g/mol. The van der Waals surface area contributed by atoms with Crippen LogP contribution >= 0.6 is 23.2 Å². The lowest BCUT2D eigenvalue weighted by molar-refractivity contribution is -0.390. The lowest BCUT2D eigenvalue weighted by Gasteiger charge is -2.88. The van der Waals surface area contributed by atoms with Gasteiger partial charge in [0.1, 0.15) is 65.8 Å². The van der Waals surface area contributed by atoms with E-state index in [2.05, 4.69) is 64.8 Å². The van der Waals surface area contributed by atoms with Crippen molar-refractivity contribution < 1.29 is 121 Å². The normalized spacial score (nSPS) is 30.2. The number of halogens is 2. The summed E-state index contributed by atoms with van der Waals surface area (Å²) in [6.07, 6.45) is -6.92. The number of rotatable bonds is 31. The van der Waals surface area contributed by atoms with Crippen LogP contribution in [0.2, 0.25) is 10.0 Å². The Kier molecular flexibility index (Phi) is 30.5. The molecule has 135 heavy (non-hydrogen) atoms. The number of ketones is 1. The smallest absolute Gasteiger partial charge is 0.321 e. The van der Waals surface area contributed by atoms with Crippen molar-refractivity contribution in [2.45, 2.75) is 274 Å². The van der Waals surface area contributed by atoms with E-state index in [1.807, 2.05) is 20.8 Å². The number of imide groups is 1. The fourth-order valence-corrected chi connectivity index (χ4v) is 23.0. The van der Waals surface area contributed by atoms with E-state index < -0.39 is 226 Å².